The summed E-state index contributed by atoms with van der Waals surface area (Å²) in [7, 11) is 1.53. The van der Waals surface area contributed by atoms with Crippen molar-refractivity contribution in [2.75, 3.05) is 7.11 Å². The fourth-order valence-corrected chi connectivity index (χ4v) is 1.67. The number of carboxylic acids is 1. The molecule has 1 aromatic carbocycles. The van der Waals surface area contributed by atoms with Crippen molar-refractivity contribution in [3.8, 4) is 5.75 Å². The Hall–Kier alpha value is -2.04. The zero-order chi connectivity index (χ0) is 14.4. The van der Waals surface area contributed by atoms with Gasteiger partial charge in [0.2, 0.25) is 0 Å². The smallest absolute Gasteiger partial charge is 0.251 e. The maximum atomic E-state index is 11.9. The molecule has 0 saturated carbocycles. The lowest BCUT2D eigenvalue weighted by Gasteiger charge is -2.21. The van der Waals surface area contributed by atoms with Crippen molar-refractivity contribution in [3.63, 3.8) is 0 Å². The Morgan fingerprint density at radius 3 is 2.26 bits per heavy atom. The molecule has 1 rings (SSSR count). The highest BCUT2D eigenvalue weighted by atomic mass is 16.5. The Kier molecular flexibility index (Phi) is 5.36. The fourth-order valence-electron chi connectivity index (χ4n) is 1.67. The third-order valence-electron chi connectivity index (χ3n) is 2.65. The maximum Gasteiger partial charge on any atom is 0.251 e. The van der Waals surface area contributed by atoms with Crippen LogP contribution in [0, 0.1) is 5.92 Å². The van der Waals surface area contributed by atoms with Gasteiger partial charge in [0.05, 0.1) is 19.1 Å². The summed E-state index contributed by atoms with van der Waals surface area (Å²) in [6.07, 6.45) is 0.338. The monoisotopic (exact) mass is 264 g/mol. The van der Waals surface area contributed by atoms with Crippen LogP contribution in [0.4, 0.5) is 0 Å². The molecule has 5 nitrogen and oxygen atoms in total. The molecule has 1 amide bonds. The van der Waals surface area contributed by atoms with Crippen molar-refractivity contribution >= 4 is 11.9 Å². The summed E-state index contributed by atoms with van der Waals surface area (Å²) in [6.45, 7) is 3.77. The summed E-state index contributed by atoms with van der Waals surface area (Å²) in [4.78, 5) is 22.9. The van der Waals surface area contributed by atoms with Gasteiger partial charge in [0.25, 0.3) is 5.91 Å². The zero-order valence-electron chi connectivity index (χ0n) is 11.3. The quantitative estimate of drug-likeness (QED) is 0.815. The average molecular weight is 264 g/mol. The predicted octanol–water partition coefficient (Wildman–Crippen LogP) is 0.590. The van der Waals surface area contributed by atoms with Crippen LogP contribution in [0.3, 0.4) is 0 Å². The van der Waals surface area contributed by atoms with Gasteiger partial charge < -0.3 is 20.0 Å². The van der Waals surface area contributed by atoms with Crippen molar-refractivity contribution in [1.29, 1.82) is 0 Å². The van der Waals surface area contributed by atoms with Gasteiger partial charge in [0, 0.05) is 5.56 Å². The number of nitrogens with one attached hydrogen (secondary N) is 1. The van der Waals surface area contributed by atoms with Crippen LogP contribution >= 0.6 is 0 Å². The lowest BCUT2D eigenvalue weighted by atomic mass is 10.0. The summed E-state index contributed by atoms with van der Waals surface area (Å²) in [6, 6.07) is 5.47. The summed E-state index contributed by atoms with van der Waals surface area (Å²) in [5.74, 6) is -0.915. The molecule has 0 aliphatic rings. The number of hydrogen-bond acceptors (Lipinski definition) is 4. The molecule has 1 aromatic rings. The summed E-state index contributed by atoms with van der Waals surface area (Å²) in [5, 5.41) is 13.4. The molecule has 0 heterocycles. The molecular weight excluding hydrogens is 246 g/mol. The second kappa shape index (κ2) is 6.78. The van der Waals surface area contributed by atoms with Crippen molar-refractivity contribution in [3.05, 3.63) is 29.8 Å². The molecule has 0 aliphatic carbocycles. The standard InChI is InChI=1S/C14H19NO4/c1-9(2)8-12(14(17)18)15-13(16)10-4-6-11(19-3)7-5-10/h4-7,9,12H,8H2,1-3H3,(H,15,16)(H,17,18)/p-1/t12-/m0/s1. The van der Waals surface area contributed by atoms with Crippen LogP contribution in [0.1, 0.15) is 30.6 Å². The Morgan fingerprint density at radius 2 is 1.84 bits per heavy atom. The third kappa shape index (κ3) is 4.62. The van der Waals surface area contributed by atoms with E-state index in [2.05, 4.69) is 5.32 Å². The van der Waals surface area contributed by atoms with Crippen LogP contribution in [-0.4, -0.2) is 25.0 Å². The Morgan fingerprint density at radius 1 is 1.26 bits per heavy atom. The van der Waals surface area contributed by atoms with E-state index in [9.17, 15) is 14.7 Å². The van der Waals surface area contributed by atoms with E-state index >= 15 is 0 Å². The van der Waals surface area contributed by atoms with Crippen molar-refractivity contribution in [2.45, 2.75) is 26.3 Å². The SMILES string of the molecule is COc1ccc(C(=O)N[C@@H](CC(C)C)C(=O)[O-])cc1. The number of carbonyl (C=O) groups is 2. The highest BCUT2D eigenvalue weighted by Gasteiger charge is 2.16. The van der Waals surface area contributed by atoms with E-state index in [4.69, 9.17) is 4.74 Å². The van der Waals surface area contributed by atoms with E-state index in [1.54, 1.807) is 24.3 Å². The number of carbonyl (C=O) groups excluding carboxylic acids is 2. The summed E-state index contributed by atoms with van der Waals surface area (Å²) >= 11 is 0. The van der Waals surface area contributed by atoms with Gasteiger partial charge in [-0.3, -0.25) is 4.79 Å². The first-order valence-electron chi connectivity index (χ1n) is 6.09. The topological polar surface area (TPSA) is 78.5 Å². The number of aliphatic carboxylic acids is 1. The predicted molar refractivity (Wildman–Crippen MR) is 68.7 cm³/mol. The molecule has 0 saturated heterocycles. The van der Waals surface area contributed by atoms with Gasteiger partial charge in [-0.25, -0.2) is 0 Å². The van der Waals surface area contributed by atoms with Crippen molar-refractivity contribution in [2.24, 2.45) is 5.92 Å². The molecule has 19 heavy (non-hydrogen) atoms. The number of hydrogen-bond donors (Lipinski definition) is 1. The highest BCUT2D eigenvalue weighted by molar-refractivity contribution is 5.96. The fraction of sp³-hybridized carbons (Fsp3) is 0.429. The minimum atomic E-state index is -1.27. The maximum absolute atomic E-state index is 11.9. The minimum absolute atomic E-state index is 0.152. The molecule has 1 N–H and O–H groups in total. The molecule has 104 valence electrons. The van der Waals surface area contributed by atoms with Crippen LogP contribution < -0.4 is 15.2 Å². The largest absolute Gasteiger partial charge is 0.548 e. The molecule has 0 spiro atoms. The first kappa shape index (κ1) is 15.0. The molecule has 0 radical (unpaired) electrons. The molecular formula is C14H18NO4-. The number of methoxy groups -OCH3 is 1. The zero-order valence-corrected chi connectivity index (χ0v) is 11.3. The van der Waals surface area contributed by atoms with Crippen LogP contribution in [0.15, 0.2) is 24.3 Å². The first-order valence-corrected chi connectivity index (χ1v) is 6.09. The third-order valence-corrected chi connectivity index (χ3v) is 2.65. The van der Waals surface area contributed by atoms with E-state index in [1.165, 1.54) is 7.11 Å². The van der Waals surface area contributed by atoms with Crippen molar-refractivity contribution < 1.29 is 19.4 Å². The van der Waals surface area contributed by atoms with Gasteiger partial charge in [0.15, 0.2) is 0 Å². The van der Waals surface area contributed by atoms with Gasteiger partial charge in [-0.1, -0.05) is 13.8 Å². The molecule has 0 fully saturated rings. The number of amides is 1. The molecule has 0 unspecified atom stereocenters. The van der Waals surface area contributed by atoms with Gasteiger partial charge in [0.1, 0.15) is 5.75 Å². The minimum Gasteiger partial charge on any atom is -0.548 e. The molecule has 0 aromatic heterocycles. The van der Waals surface area contributed by atoms with E-state index < -0.39 is 17.9 Å². The second-order valence-corrected chi connectivity index (χ2v) is 4.70. The summed E-state index contributed by atoms with van der Waals surface area (Å²) in [5.41, 5.74) is 0.385. The number of carboxylic acid groups (broad SMARTS) is 1. The van der Waals surface area contributed by atoms with E-state index in [-0.39, 0.29) is 5.92 Å². The average Bonchev–Trinajstić information content (AvgIpc) is 2.37. The molecule has 5 heteroatoms. The summed E-state index contributed by atoms with van der Waals surface area (Å²) < 4.78 is 4.99. The van der Waals surface area contributed by atoms with E-state index in [1.807, 2.05) is 13.8 Å². The highest BCUT2D eigenvalue weighted by Crippen LogP contribution is 2.12. The van der Waals surface area contributed by atoms with Crippen LogP contribution in [-0.2, 0) is 4.79 Å². The molecule has 0 bridgehead atoms. The van der Waals surface area contributed by atoms with Crippen LogP contribution in [0.2, 0.25) is 0 Å². The Balaban J connectivity index is 2.72. The Bertz CT molecular complexity index is 439. The van der Waals surface area contributed by atoms with Gasteiger partial charge in [-0.15, -0.1) is 0 Å². The number of benzene rings is 1. The van der Waals surface area contributed by atoms with Crippen molar-refractivity contribution in [1.82, 2.24) is 5.32 Å². The lowest BCUT2D eigenvalue weighted by molar-refractivity contribution is -0.308. The number of rotatable bonds is 6. The first-order chi connectivity index (χ1) is 8.93. The van der Waals surface area contributed by atoms with Gasteiger partial charge in [-0.2, -0.15) is 0 Å². The van der Waals surface area contributed by atoms with Gasteiger partial charge in [-0.05, 0) is 36.6 Å². The Labute approximate surface area is 112 Å². The van der Waals surface area contributed by atoms with Gasteiger partial charge >= 0.3 is 0 Å². The molecule has 1 atom stereocenters. The number of ether oxygens (including phenoxy) is 1. The second-order valence-electron chi connectivity index (χ2n) is 4.70. The normalized spacial score (nSPS) is 12.0. The molecule has 0 aliphatic heterocycles. The lowest BCUT2D eigenvalue weighted by Crippen LogP contribution is -2.48. The van der Waals surface area contributed by atoms with Crippen LogP contribution in [0.25, 0.3) is 0 Å². The van der Waals surface area contributed by atoms with E-state index in [0.29, 0.717) is 17.7 Å². The van der Waals surface area contributed by atoms with E-state index in [0.717, 1.165) is 0 Å². The van der Waals surface area contributed by atoms with Crippen LogP contribution in [0.5, 0.6) is 5.75 Å².